The minimum Gasteiger partial charge on any atom is -0.494 e. The van der Waals surface area contributed by atoms with Crippen molar-refractivity contribution in [2.45, 2.75) is 17.1 Å². The predicted octanol–water partition coefficient (Wildman–Crippen LogP) is 3.78. The maximum Gasteiger partial charge on any atom is 0.220 e. The number of rotatable bonds is 7. The monoisotopic (exact) mass is 318 g/mol. The summed E-state index contributed by atoms with van der Waals surface area (Å²) < 4.78 is 5.40. The molecule has 5 nitrogen and oxygen atoms in total. The maximum absolute atomic E-state index is 11.0. The summed E-state index contributed by atoms with van der Waals surface area (Å²) in [4.78, 5) is 11.5. The number of nitro groups is 1. The van der Waals surface area contributed by atoms with E-state index in [4.69, 9.17) is 10.5 Å². The topological polar surface area (TPSA) is 78.4 Å². The van der Waals surface area contributed by atoms with Crippen molar-refractivity contribution in [1.29, 1.82) is 0 Å². The molecular weight excluding hydrogens is 300 g/mol. The number of thioether (sulfide) groups is 1. The van der Waals surface area contributed by atoms with E-state index >= 15 is 0 Å². The number of nitrogens with zero attached hydrogens (tertiary/aromatic N) is 1. The second-order valence-corrected chi connectivity index (χ2v) is 5.91. The van der Waals surface area contributed by atoms with Gasteiger partial charge >= 0.3 is 0 Å². The number of hydrogen-bond donors (Lipinski definition) is 1. The summed E-state index contributed by atoms with van der Waals surface area (Å²) in [5.74, 6) is 0.760. The average Bonchev–Trinajstić information content (AvgIpc) is 2.49. The summed E-state index contributed by atoms with van der Waals surface area (Å²) in [6, 6.07) is 14.8. The van der Waals surface area contributed by atoms with Crippen LogP contribution in [0.15, 0.2) is 53.4 Å². The highest BCUT2D eigenvalue weighted by Crippen LogP contribution is 2.38. The molecule has 2 rings (SSSR count). The van der Waals surface area contributed by atoms with Crippen LogP contribution in [0, 0.1) is 10.1 Å². The Morgan fingerprint density at radius 1 is 1.23 bits per heavy atom. The number of hydrogen-bond acceptors (Lipinski definition) is 5. The van der Waals surface area contributed by atoms with Crippen LogP contribution in [0.25, 0.3) is 0 Å². The van der Waals surface area contributed by atoms with Crippen molar-refractivity contribution in [3.63, 3.8) is 0 Å². The summed E-state index contributed by atoms with van der Waals surface area (Å²) in [6.07, 6.45) is 0. The lowest BCUT2D eigenvalue weighted by Gasteiger charge is -2.15. The third kappa shape index (κ3) is 4.39. The standard InChI is InChI=1S/C16H18N2O3S/c1-2-21-13-9-7-12(8-10-13)16(11-18(19)20)22-15-6-4-3-5-14(15)17/h3-10,16H,2,11,17H2,1H3/t16-/m1/s1. The third-order valence-electron chi connectivity index (χ3n) is 3.07. The Morgan fingerprint density at radius 2 is 1.91 bits per heavy atom. The van der Waals surface area contributed by atoms with Crippen molar-refractivity contribution >= 4 is 17.4 Å². The normalized spacial score (nSPS) is 11.9. The van der Waals surface area contributed by atoms with Crippen molar-refractivity contribution in [2.75, 3.05) is 18.9 Å². The van der Waals surface area contributed by atoms with Gasteiger partial charge in [-0.1, -0.05) is 24.3 Å². The fraction of sp³-hybridized carbons (Fsp3) is 0.250. The zero-order chi connectivity index (χ0) is 15.9. The molecule has 2 aromatic carbocycles. The van der Waals surface area contributed by atoms with Gasteiger partial charge in [0.05, 0.1) is 11.9 Å². The number of nitrogen functional groups attached to an aromatic ring is 1. The molecule has 0 fully saturated rings. The van der Waals surface area contributed by atoms with Gasteiger partial charge < -0.3 is 10.5 Å². The highest BCUT2D eigenvalue weighted by Gasteiger charge is 2.20. The van der Waals surface area contributed by atoms with Gasteiger partial charge in [-0.3, -0.25) is 10.1 Å². The second kappa shape index (κ2) is 7.70. The molecule has 22 heavy (non-hydrogen) atoms. The van der Waals surface area contributed by atoms with Crippen molar-refractivity contribution in [3.8, 4) is 5.75 Å². The molecule has 6 heteroatoms. The number of nitrogens with two attached hydrogens (primary N) is 1. The molecule has 0 spiro atoms. The average molecular weight is 318 g/mol. The third-order valence-corrected chi connectivity index (χ3v) is 4.40. The number of benzene rings is 2. The van der Waals surface area contributed by atoms with E-state index in [0.29, 0.717) is 12.3 Å². The Bertz CT molecular complexity index is 632. The van der Waals surface area contributed by atoms with Gasteiger partial charge in [-0.25, -0.2) is 0 Å². The van der Waals surface area contributed by atoms with Gasteiger partial charge in [0.1, 0.15) is 5.75 Å². The van der Waals surface area contributed by atoms with E-state index in [1.54, 1.807) is 6.07 Å². The van der Waals surface area contributed by atoms with Gasteiger partial charge in [0.25, 0.3) is 0 Å². The lowest BCUT2D eigenvalue weighted by Crippen LogP contribution is -2.10. The fourth-order valence-corrected chi connectivity index (χ4v) is 3.19. The van der Waals surface area contributed by atoms with Crippen LogP contribution >= 0.6 is 11.8 Å². The van der Waals surface area contributed by atoms with Gasteiger partial charge in [0.15, 0.2) is 0 Å². The molecule has 2 aromatic rings. The second-order valence-electron chi connectivity index (χ2n) is 4.66. The Balaban J connectivity index is 2.22. The van der Waals surface area contributed by atoms with E-state index < -0.39 is 0 Å². The van der Waals surface area contributed by atoms with E-state index in [2.05, 4.69) is 0 Å². The number of ether oxygens (including phenoxy) is 1. The molecule has 0 aromatic heterocycles. The zero-order valence-corrected chi connectivity index (χ0v) is 13.1. The number of anilines is 1. The summed E-state index contributed by atoms with van der Waals surface area (Å²) >= 11 is 1.41. The van der Waals surface area contributed by atoms with E-state index in [0.717, 1.165) is 16.2 Å². The largest absolute Gasteiger partial charge is 0.494 e. The molecule has 0 radical (unpaired) electrons. The molecule has 2 N–H and O–H groups in total. The van der Waals surface area contributed by atoms with Crippen LogP contribution in [0.2, 0.25) is 0 Å². The van der Waals surface area contributed by atoms with Gasteiger partial charge in [0, 0.05) is 15.5 Å². The van der Waals surface area contributed by atoms with E-state index in [-0.39, 0.29) is 16.7 Å². The van der Waals surface area contributed by atoms with E-state index in [1.807, 2.05) is 49.4 Å². The summed E-state index contributed by atoms with van der Waals surface area (Å²) in [5, 5.41) is 10.7. The molecule has 0 bridgehead atoms. The van der Waals surface area contributed by atoms with Crippen LogP contribution < -0.4 is 10.5 Å². The molecule has 0 saturated carbocycles. The smallest absolute Gasteiger partial charge is 0.220 e. The van der Waals surface area contributed by atoms with Gasteiger partial charge in [-0.05, 0) is 36.8 Å². The van der Waals surface area contributed by atoms with Crippen LogP contribution in [0.5, 0.6) is 5.75 Å². The SMILES string of the molecule is CCOc1ccc([C@@H](C[N+](=O)[O-])Sc2ccccc2N)cc1. The molecule has 0 aliphatic rings. The Morgan fingerprint density at radius 3 is 2.50 bits per heavy atom. The first-order chi connectivity index (χ1) is 10.6. The van der Waals surface area contributed by atoms with Crippen LogP contribution in [0.1, 0.15) is 17.7 Å². The molecule has 0 aliphatic carbocycles. The molecular formula is C16H18N2O3S. The maximum atomic E-state index is 11.0. The summed E-state index contributed by atoms with van der Waals surface area (Å²) in [6.45, 7) is 2.34. The lowest BCUT2D eigenvalue weighted by molar-refractivity contribution is -0.479. The number of para-hydroxylation sites is 1. The lowest BCUT2D eigenvalue weighted by atomic mass is 10.1. The van der Waals surface area contributed by atoms with Crippen molar-refractivity contribution < 1.29 is 9.66 Å². The van der Waals surface area contributed by atoms with Crippen LogP contribution in [-0.2, 0) is 0 Å². The molecule has 0 heterocycles. The first-order valence-electron chi connectivity index (χ1n) is 6.96. The van der Waals surface area contributed by atoms with Crippen molar-refractivity contribution in [2.24, 2.45) is 0 Å². The zero-order valence-electron chi connectivity index (χ0n) is 12.3. The molecule has 0 unspecified atom stereocenters. The van der Waals surface area contributed by atoms with E-state index in [1.165, 1.54) is 11.8 Å². The molecule has 0 saturated heterocycles. The fourth-order valence-electron chi connectivity index (χ4n) is 2.03. The van der Waals surface area contributed by atoms with E-state index in [9.17, 15) is 10.1 Å². The molecule has 0 aliphatic heterocycles. The minimum atomic E-state index is -0.298. The molecule has 0 amide bonds. The Labute approximate surface area is 133 Å². The minimum absolute atomic E-state index is 0.160. The highest BCUT2D eigenvalue weighted by atomic mass is 32.2. The van der Waals surface area contributed by atoms with Gasteiger partial charge in [0.2, 0.25) is 6.54 Å². The van der Waals surface area contributed by atoms with Crippen LogP contribution in [-0.4, -0.2) is 18.1 Å². The highest BCUT2D eigenvalue weighted by molar-refractivity contribution is 7.99. The Kier molecular flexibility index (Phi) is 5.66. The Hall–Kier alpha value is -2.21. The first-order valence-corrected chi connectivity index (χ1v) is 7.84. The first kappa shape index (κ1) is 16.2. The van der Waals surface area contributed by atoms with Gasteiger partial charge in [-0.15, -0.1) is 11.8 Å². The molecule has 1 atom stereocenters. The van der Waals surface area contributed by atoms with Crippen LogP contribution in [0.3, 0.4) is 0 Å². The van der Waals surface area contributed by atoms with Gasteiger partial charge in [-0.2, -0.15) is 0 Å². The summed E-state index contributed by atoms with van der Waals surface area (Å²) in [5.41, 5.74) is 7.44. The van der Waals surface area contributed by atoms with Crippen molar-refractivity contribution in [3.05, 3.63) is 64.2 Å². The predicted molar refractivity (Wildman–Crippen MR) is 88.9 cm³/mol. The quantitative estimate of drug-likeness (QED) is 0.364. The summed E-state index contributed by atoms with van der Waals surface area (Å²) in [7, 11) is 0. The van der Waals surface area contributed by atoms with Crippen LogP contribution in [0.4, 0.5) is 5.69 Å². The molecule has 116 valence electrons. The van der Waals surface area contributed by atoms with Crippen molar-refractivity contribution in [1.82, 2.24) is 0 Å².